The van der Waals surface area contributed by atoms with Crippen molar-refractivity contribution in [3.8, 4) is 6.07 Å². The van der Waals surface area contributed by atoms with Gasteiger partial charge in [-0.3, -0.25) is 14.9 Å². The van der Waals surface area contributed by atoms with Gasteiger partial charge in [0.15, 0.2) is 11.6 Å². The van der Waals surface area contributed by atoms with Crippen molar-refractivity contribution in [1.29, 1.82) is 5.26 Å². The smallest absolute Gasteiger partial charge is 0.295 e. The molecule has 0 unspecified atom stereocenters. The second kappa shape index (κ2) is 4.98. The van der Waals surface area contributed by atoms with Gasteiger partial charge in [0, 0.05) is 6.07 Å². The Bertz CT molecular complexity index is 525. The summed E-state index contributed by atoms with van der Waals surface area (Å²) in [5, 5.41) is 20.7. The van der Waals surface area contributed by atoms with Crippen molar-refractivity contribution in [1.82, 2.24) is 0 Å². The first kappa shape index (κ1) is 12.5. The van der Waals surface area contributed by atoms with E-state index in [-0.39, 0.29) is 0 Å². The van der Waals surface area contributed by atoms with Crippen molar-refractivity contribution >= 4 is 17.3 Å². The predicted molar refractivity (Wildman–Crippen MR) is 51.9 cm³/mol. The molecule has 0 aliphatic heterocycles. The molecule has 1 amide bonds. The van der Waals surface area contributed by atoms with Crippen LogP contribution in [0.25, 0.3) is 0 Å². The molecule has 1 aromatic carbocycles. The van der Waals surface area contributed by atoms with Crippen LogP contribution in [0, 0.1) is 33.1 Å². The first-order chi connectivity index (χ1) is 7.95. The van der Waals surface area contributed by atoms with Crippen LogP contribution in [-0.2, 0) is 4.79 Å². The van der Waals surface area contributed by atoms with Crippen molar-refractivity contribution < 1.29 is 18.5 Å². The van der Waals surface area contributed by atoms with Crippen LogP contribution in [-0.4, -0.2) is 10.8 Å². The lowest BCUT2D eigenvalue weighted by Crippen LogP contribution is -2.12. The van der Waals surface area contributed by atoms with Gasteiger partial charge in [-0.25, -0.2) is 8.78 Å². The van der Waals surface area contributed by atoms with Gasteiger partial charge in [-0.2, -0.15) is 5.26 Å². The van der Waals surface area contributed by atoms with E-state index >= 15 is 0 Å². The Kier molecular flexibility index (Phi) is 3.66. The molecule has 0 aliphatic carbocycles. The Morgan fingerprint density at radius 2 is 2.06 bits per heavy atom. The minimum Gasteiger partial charge on any atom is -0.319 e. The maximum atomic E-state index is 12.8. The fourth-order valence-electron chi connectivity index (χ4n) is 1.05. The number of halogens is 2. The van der Waals surface area contributed by atoms with Gasteiger partial charge in [-0.05, 0) is 0 Å². The summed E-state index contributed by atoms with van der Waals surface area (Å²) in [4.78, 5) is 20.6. The minimum absolute atomic E-state index is 0.358. The number of carbonyl (C=O) groups is 1. The number of nitrogens with zero attached hydrogens (tertiary/aromatic N) is 2. The molecule has 0 spiro atoms. The lowest BCUT2D eigenvalue weighted by Gasteiger charge is -2.04. The number of amides is 1. The fraction of sp³-hybridized carbons (Fsp3) is 0.111. The molecular weight excluding hydrogens is 236 g/mol. The monoisotopic (exact) mass is 241 g/mol. The van der Waals surface area contributed by atoms with Crippen LogP contribution in [0.4, 0.5) is 20.2 Å². The molecule has 0 fully saturated rings. The number of nitro benzene ring substituents is 1. The second-order valence-electron chi connectivity index (χ2n) is 2.92. The van der Waals surface area contributed by atoms with E-state index in [4.69, 9.17) is 5.26 Å². The van der Waals surface area contributed by atoms with Crippen LogP contribution in [0.3, 0.4) is 0 Å². The normalized spacial score (nSPS) is 9.47. The van der Waals surface area contributed by atoms with E-state index in [1.807, 2.05) is 5.32 Å². The van der Waals surface area contributed by atoms with Crippen LogP contribution >= 0.6 is 0 Å². The van der Waals surface area contributed by atoms with E-state index in [9.17, 15) is 23.7 Å². The van der Waals surface area contributed by atoms with Crippen LogP contribution < -0.4 is 5.32 Å². The third-order valence-corrected chi connectivity index (χ3v) is 1.75. The van der Waals surface area contributed by atoms with Crippen molar-refractivity contribution in [3.05, 3.63) is 33.9 Å². The molecule has 1 N–H and O–H groups in total. The van der Waals surface area contributed by atoms with Crippen LogP contribution in [0.1, 0.15) is 6.42 Å². The van der Waals surface area contributed by atoms with Gasteiger partial charge < -0.3 is 5.32 Å². The van der Waals surface area contributed by atoms with Gasteiger partial charge in [-0.1, -0.05) is 0 Å². The lowest BCUT2D eigenvalue weighted by molar-refractivity contribution is -0.384. The van der Waals surface area contributed by atoms with Crippen molar-refractivity contribution in [2.24, 2.45) is 0 Å². The highest BCUT2D eigenvalue weighted by Crippen LogP contribution is 2.27. The number of rotatable bonds is 3. The molecular formula is C9H5F2N3O3. The zero-order chi connectivity index (χ0) is 13.0. The third-order valence-electron chi connectivity index (χ3n) is 1.75. The predicted octanol–water partition coefficient (Wildman–Crippen LogP) is 1.73. The largest absolute Gasteiger partial charge is 0.319 e. The summed E-state index contributed by atoms with van der Waals surface area (Å²) in [6.45, 7) is 0. The van der Waals surface area contributed by atoms with Gasteiger partial charge in [0.2, 0.25) is 5.91 Å². The maximum Gasteiger partial charge on any atom is 0.295 e. The average Bonchev–Trinajstić information content (AvgIpc) is 2.23. The summed E-state index contributed by atoms with van der Waals surface area (Å²) in [6, 6.07) is 2.36. The van der Waals surface area contributed by atoms with E-state index in [1.165, 1.54) is 6.07 Å². The first-order valence-corrected chi connectivity index (χ1v) is 4.26. The molecule has 8 heteroatoms. The summed E-state index contributed by atoms with van der Waals surface area (Å²) in [7, 11) is 0. The highest BCUT2D eigenvalue weighted by molar-refractivity contribution is 5.94. The molecule has 0 aromatic heterocycles. The number of nitro groups is 1. The number of hydrogen-bond acceptors (Lipinski definition) is 4. The topological polar surface area (TPSA) is 96.0 Å². The van der Waals surface area contributed by atoms with Crippen LogP contribution in [0.15, 0.2) is 12.1 Å². The molecule has 0 saturated carbocycles. The van der Waals surface area contributed by atoms with Gasteiger partial charge >= 0.3 is 0 Å². The van der Waals surface area contributed by atoms with E-state index in [1.54, 1.807) is 0 Å². The van der Waals surface area contributed by atoms with E-state index in [2.05, 4.69) is 0 Å². The Morgan fingerprint density at radius 3 is 2.59 bits per heavy atom. The fourth-order valence-corrected chi connectivity index (χ4v) is 1.05. The molecule has 1 rings (SSSR count). The molecule has 1 aromatic rings. The molecule has 0 bridgehead atoms. The van der Waals surface area contributed by atoms with E-state index in [0.29, 0.717) is 12.1 Å². The second-order valence-corrected chi connectivity index (χ2v) is 2.92. The summed E-state index contributed by atoms with van der Waals surface area (Å²) in [5.74, 6) is -3.57. The van der Waals surface area contributed by atoms with Crippen molar-refractivity contribution in [2.75, 3.05) is 5.32 Å². The standard InChI is InChI=1S/C9H5F2N3O3/c10-5-3-7(13-9(15)1-2-12)8(14(16)17)4-6(5)11/h3-4H,1H2,(H,13,15). The number of benzene rings is 1. The van der Waals surface area contributed by atoms with Gasteiger partial charge in [0.1, 0.15) is 12.1 Å². The summed E-state index contributed by atoms with van der Waals surface area (Å²) >= 11 is 0. The highest BCUT2D eigenvalue weighted by Gasteiger charge is 2.20. The van der Waals surface area contributed by atoms with Gasteiger partial charge in [0.05, 0.1) is 17.1 Å². The number of nitriles is 1. The Hall–Kier alpha value is -2.56. The average molecular weight is 241 g/mol. The van der Waals surface area contributed by atoms with Gasteiger partial charge in [-0.15, -0.1) is 0 Å². The lowest BCUT2D eigenvalue weighted by atomic mass is 10.2. The molecule has 0 radical (unpaired) electrons. The maximum absolute atomic E-state index is 12.8. The summed E-state index contributed by atoms with van der Waals surface area (Å²) < 4.78 is 25.6. The molecule has 17 heavy (non-hydrogen) atoms. The van der Waals surface area contributed by atoms with Crippen LogP contribution in [0.2, 0.25) is 0 Å². The first-order valence-electron chi connectivity index (χ1n) is 4.26. The van der Waals surface area contributed by atoms with Crippen LogP contribution in [0.5, 0.6) is 0 Å². The molecule has 0 aliphatic rings. The molecule has 0 heterocycles. The van der Waals surface area contributed by atoms with E-state index in [0.717, 1.165) is 0 Å². The molecule has 88 valence electrons. The zero-order valence-corrected chi connectivity index (χ0v) is 8.24. The number of anilines is 1. The highest BCUT2D eigenvalue weighted by atomic mass is 19.2. The molecule has 0 atom stereocenters. The quantitative estimate of drug-likeness (QED) is 0.643. The Morgan fingerprint density at radius 1 is 1.47 bits per heavy atom. The zero-order valence-electron chi connectivity index (χ0n) is 8.24. The van der Waals surface area contributed by atoms with E-state index < -0.39 is 40.3 Å². The minimum atomic E-state index is -1.39. The summed E-state index contributed by atoms with van der Waals surface area (Å²) in [6.07, 6.45) is -0.545. The Balaban J connectivity index is 3.14. The molecule has 0 saturated heterocycles. The van der Waals surface area contributed by atoms with Crippen molar-refractivity contribution in [3.63, 3.8) is 0 Å². The SMILES string of the molecule is N#CCC(=O)Nc1cc(F)c(F)cc1[N+](=O)[O-]. The van der Waals surface area contributed by atoms with Gasteiger partial charge in [0.25, 0.3) is 5.69 Å². The third kappa shape index (κ3) is 2.94. The van der Waals surface area contributed by atoms with Crippen molar-refractivity contribution in [2.45, 2.75) is 6.42 Å². The summed E-state index contributed by atoms with van der Waals surface area (Å²) in [5.41, 5.74) is -1.27. The number of hydrogen-bond donors (Lipinski definition) is 1. The Labute approximate surface area is 93.6 Å². The number of nitrogens with one attached hydrogen (secondary N) is 1. The molecule has 6 nitrogen and oxygen atoms in total. The number of carbonyl (C=O) groups excluding carboxylic acids is 1.